The molecule has 1 aromatic heterocycles. The van der Waals surface area contributed by atoms with Crippen molar-refractivity contribution >= 4 is 11.7 Å². The number of nitrogens with one attached hydrogen (secondary N) is 2. The van der Waals surface area contributed by atoms with Gasteiger partial charge in [-0.15, -0.1) is 0 Å². The van der Waals surface area contributed by atoms with Crippen LogP contribution in [-0.2, 0) is 17.6 Å². The predicted molar refractivity (Wildman–Crippen MR) is 133 cm³/mol. The number of anilines is 1. The SMILES string of the molecule is O=C(Nc1ncccc1CCN1CCNCC1C1CCCc2ccccc21)C1CCCCC1. The van der Waals surface area contributed by atoms with Crippen molar-refractivity contribution in [2.24, 2.45) is 5.92 Å². The van der Waals surface area contributed by atoms with Gasteiger partial charge in [-0.25, -0.2) is 4.98 Å². The van der Waals surface area contributed by atoms with Crippen LogP contribution in [-0.4, -0.2) is 48.0 Å². The van der Waals surface area contributed by atoms with Crippen molar-refractivity contribution in [3.05, 3.63) is 59.3 Å². The molecule has 33 heavy (non-hydrogen) atoms. The van der Waals surface area contributed by atoms with Crippen molar-refractivity contribution in [1.29, 1.82) is 0 Å². The maximum Gasteiger partial charge on any atom is 0.228 e. The minimum Gasteiger partial charge on any atom is -0.314 e. The Labute approximate surface area is 198 Å². The highest BCUT2D eigenvalue weighted by molar-refractivity contribution is 5.92. The monoisotopic (exact) mass is 446 g/mol. The lowest BCUT2D eigenvalue weighted by atomic mass is 9.77. The van der Waals surface area contributed by atoms with Gasteiger partial charge in [0.2, 0.25) is 5.91 Å². The first kappa shape index (κ1) is 22.5. The van der Waals surface area contributed by atoms with E-state index in [1.165, 1.54) is 38.5 Å². The van der Waals surface area contributed by atoms with Gasteiger partial charge >= 0.3 is 0 Å². The molecule has 1 aliphatic heterocycles. The van der Waals surface area contributed by atoms with E-state index in [4.69, 9.17) is 0 Å². The molecular formula is C28H38N4O. The third-order valence-corrected chi connectivity index (χ3v) is 8.06. The molecule has 2 atom stereocenters. The zero-order chi connectivity index (χ0) is 22.5. The Morgan fingerprint density at radius 1 is 1.06 bits per heavy atom. The van der Waals surface area contributed by atoms with Crippen LogP contribution in [0.3, 0.4) is 0 Å². The lowest BCUT2D eigenvalue weighted by Gasteiger charge is -2.43. The molecule has 0 bridgehead atoms. The number of aryl methyl sites for hydroxylation is 1. The smallest absolute Gasteiger partial charge is 0.228 e. The third-order valence-electron chi connectivity index (χ3n) is 8.06. The van der Waals surface area contributed by atoms with E-state index in [1.807, 2.05) is 6.07 Å². The van der Waals surface area contributed by atoms with Crippen molar-refractivity contribution in [3.63, 3.8) is 0 Å². The maximum absolute atomic E-state index is 12.8. The summed E-state index contributed by atoms with van der Waals surface area (Å²) < 4.78 is 0. The number of benzene rings is 1. The van der Waals surface area contributed by atoms with Gasteiger partial charge in [0.15, 0.2) is 0 Å². The highest BCUT2D eigenvalue weighted by Gasteiger charge is 2.33. The second kappa shape index (κ2) is 10.8. The Hall–Kier alpha value is -2.24. The third kappa shape index (κ3) is 5.30. The van der Waals surface area contributed by atoms with Gasteiger partial charge in [0.1, 0.15) is 5.82 Å². The van der Waals surface area contributed by atoms with Crippen molar-refractivity contribution in [1.82, 2.24) is 15.2 Å². The first-order valence-electron chi connectivity index (χ1n) is 13.1. The van der Waals surface area contributed by atoms with E-state index in [1.54, 1.807) is 17.3 Å². The van der Waals surface area contributed by atoms with Crippen LogP contribution in [0.5, 0.6) is 0 Å². The van der Waals surface area contributed by atoms with E-state index in [0.29, 0.717) is 12.0 Å². The summed E-state index contributed by atoms with van der Waals surface area (Å²) in [5.41, 5.74) is 4.26. The molecule has 3 aliphatic rings. The average Bonchev–Trinajstić information content (AvgIpc) is 2.88. The molecule has 1 aromatic carbocycles. The molecule has 1 saturated carbocycles. The standard InChI is InChI=1S/C28H38N4O/c33-28(23-9-2-1-3-10-23)31-27-22(12-7-16-30-27)15-18-32-19-17-29-20-26(32)25-14-6-11-21-8-4-5-13-24(21)25/h4-5,7-8,12-13,16,23,25-26,29H,1-3,6,9-11,14-15,17-20H2,(H,30,31,33). The number of piperazine rings is 1. The maximum atomic E-state index is 12.8. The van der Waals surface area contributed by atoms with E-state index in [9.17, 15) is 4.79 Å². The second-order valence-corrected chi connectivity index (χ2v) is 10.1. The first-order chi connectivity index (χ1) is 16.3. The van der Waals surface area contributed by atoms with Crippen LogP contribution in [0, 0.1) is 5.92 Å². The molecule has 2 unspecified atom stereocenters. The fraction of sp³-hybridized carbons (Fsp3) is 0.571. The Kier molecular flexibility index (Phi) is 7.37. The van der Waals surface area contributed by atoms with Crippen molar-refractivity contribution in [3.8, 4) is 0 Å². The summed E-state index contributed by atoms with van der Waals surface area (Å²) in [5, 5.41) is 6.83. The molecule has 0 radical (unpaired) electrons. The van der Waals surface area contributed by atoms with Crippen LogP contribution in [0.15, 0.2) is 42.6 Å². The van der Waals surface area contributed by atoms with Gasteiger partial charge < -0.3 is 10.6 Å². The lowest BCUT2D eigenvalue weighted by Crippen LogP contribution is -2.54. The number of rotatable bonds is 6. The van der Waals surface area contributed by atoms with Crippen LogP contribution < -0.4 is 10.6 Å². The molecule has 5 nitrogen and oxygen atoms in total. The molecule has 0 spiro atoms. The number of hydrogen-bond acceptors (Lipinski definition) is 4. The molecular weight excluding hydrogens is 408 g/mol. The molecule has 5 heteroatoms. The molecule has 2 aliphatic carbocycles. The van der Waals surface area contributed by atoms with Gasteiger partial charge in [0.05, 0.1) is 0 Å². The summed E-state index contributed by atoms with van der Waals surface area (Å²) in [5.74, 6) is 1.68. The molecule has 2 heterocycles. The van der Waals surface area contributed by atoms with Crippen LogP contribution in [0.2, 0.25) is 0 Å². The van der Waals surface area contributed by atoms with Crippen molar-refractivity contribution < 1.29 is 4.79 Å². The van der Waals surface area contributed by atoms with Gasteiger partial charge in [-0.1, -0.05) is 49.6 Å². The number of hydrogen-bond donors (Lipinski definition) is 2. The van der Waals surface area contributed by atoms with E-state index in [2.05, 4.69) is 50.8 Å². The quantitative estimate of drug-likeness (QED) is 0.684. The van der Waals surface area contributed by atoms with E-state index in [0.717, 1.165) is 56.8 Å². The Morgan fingerprint density at radius 3 is 2.85 bits per heavy atom. The van der Waals surface area contributed by atoms with E-state index in [-0.39, 0.29) is 11.8 Å². The summed E-state index contributed by atoms with van der Waals surface area (Å²) in [6.45, 7) is 4.18. The van der Waals surface area contributed by atoms with Gasteiger partial charge in [-0.3, -0.25) is 9.69 Å². The zero-order valence-electron chi connectivity index (χ0n) is 19.8. The molecule has 1 amide bonds. The summed E-state index contributed by atoms with van der Waals surface area (Å²) in [4.78, 5) is 20.1. The van der Waals surface area contributed by atoms with E-state index < -0.39 is 0 Å². The Balaban J connectivity index is 1.26. The minimum absolute atomic E-state index is 0.150. The number of pyridine rings is 1. The second-order valence-electron chi connectivity index (χ2n) is 10.1. The number of carbonyl (C=O) groups excluding carboxylic acids is 1. The number of aromatic nitrogens is 1. The minimum atomic E-state index is 0.150. The zero-order valence-corrected chi connectivity index (χ0v) is 19.8. The Bertz CT molecular complexity index is 939. The van der Waals surface area contributed by atoms with Crippen molar-refractivity contribution in [2.45, 2.75) is 69.7 Å². The molecule has 2 fully saturated rings. The molecule has 2 N–H and O–H groups in total. The average molecular weight is 447 g/mol. The van der Waals surface area contributed by atoms with Crippen LogP contribution >= 0.6 is 0 Å². The fourth-order valence-electron chi connectivity index (χ4n) is 6.23. The van der Waals surface area contributed by atoms with Crippen LogP contribution in [0.1, 0.15) is 67.6 Å². The lowest BCUT2D eigenvalue weighted by molar-refractivity contribution is -0.120. The number of amides is 1. The fourth-order valence-corrected chi connectivity index (χ4v) is 6.23. The number of carbonyl (C=O) groups is 1. The summed E-state index contributed by atoms with van der Waals surface area (Å²) >= 11 is 0. The highest BCUT2D eigenvalue weighted by atomic mass is 16.1. The van der Waals surface area contributed by atoms with Gasteiger partial charge in [-0.05, 0) is 61.3 Å². The number of nitrogens with zero attached hydrogens (tertiary/aromatic N) is 2. The molecule has 176 valence electrons. The predicted octanol–water partition coefficient (Wildman–Crippen LogP) is 4.54. The van der Waals surface area contributed by atoms with Gasteiger partial charge in [-0.2, -0.15) is 0 Å². The van der Waals surface area contributed by atoms with Crippen LogP contribution in [0.25, 0.3) is 0 Å². The summed E-state index contributed by atoms with van der Waals surface area (Å²) in [6.07, 6.45) is 12.1. The van der Waals surface area contributed by atoms with Crippen LogP contribution in [0.4, 0.5) is 5.82 Å². The number of fused-ring (bicyclic) bond motifs is 1. The van der Waals surface area contributed by atoms with Crippen molar-refractivity contribution in [2.75, 3.05) is 31.5 Å². The summed E-state index contributed by atoms with van der Waals surface area (Å²) in [6, 6.07) is 13.7. The summed E-state index contributed by atoms with van der Waals surface area (Å²) in [7, 11) is 0. The molecule has 2 aromatic rings. The topological polar surface area (TPSA) is 57.3 Å². The van der Waals surface area contributed by atoms with E-state index >= 15 is 0 Å². The first-order valence-corrected chi connectivity index (χ1v) is 13.1. The molecule has 1 saturated heterocycles. The Morgan fingerprint density at radius 2 is 1.94 bits per heavy atom. The van der Waals surface area contributed by atoms with Gasteiger partial charge in [0, 0.05) is 50.3 Å². The highest BCUT2D eigenvalue weighted by Crippen LogP contribution is 2.36. The largest absolute Gasteiger partial charge is 0.314 e. The molecule has 5 rings (SSSR count). The normalized spacial score (nSPS) is 24.2. The van der Waals surface area contributed by atoms with Gasteiger partial charge in [0.25, 0.3) is 0 Å².